The minimum Gasteiger partial charge on any atom is -0.424 e. The van der Waals surface area contributed by atoms with Crippen LogP contribution >= 0.6 is 15.9 Å². The number of nitrogens with two attached hydrogens (primary N) is 1. The number of aryl methyl sites for hydroxylation is 1. The Morgan fingerprint density at radius 3 is 2.70 bits per heavy atom. The zero-order chi connectivity index (χ0) is 14.7. The van der Waals surface area contributed by atoms with Gasteiger partial charge < -0.3 is 10.2 Å². The van der Waals surface area contributed by atoms with Crippen molar-refractivity contribution >= 4 is 27.7 Å². The largest absolute Gasteiger partial charge is 0.424 e. The Balaban J connectivity index is 1.72. The molecule has 1 aliphatic heterocycles. The van der Waals surface area contributed by atoms with Crippen LogP contribution in [0.4, 0.5) is 0 Å². The van der Waals surface area contributed by atoms with Crippen LogP contribution in [-0.2, 0) is 9.59 Å². The normalized spacial score (nSPS) is 16.8. The van der Waals surface area contributed by atoms with E-state index in [4.69, 9.17) is 10.2 Å². The topological polar surface area (TPSA) is 102 Å². The third-order valence-electron chi connectivity index (χ3n) is 2.97. The number of aromatic nitrogens is 2. The van der Waals surface area contributed by atoms with Crippen molar-refractivity contribution in [2.24, 2.45) is 5.73 Å². The summed E-state index contributed by atoms with van der Waals surface area (Å²) >= 11 is 3.05. The van der Waals surface area contributed by atoms with E-state index >= 15 is 0 Å². The van der Waals surface area contributed by atoms with E-state index in [1.165, 1.54) is 11.0 Å². The van der Waals surface area contributed by atoms with Gasteiger partial charge in [0.15, 0.2) is 0 Å². The molecule has 7 nitrogen and oxygen atoms in total. The molecular formula is C12H15BrN4O3. The van der Waals surface area contributed by atoms with Gasteiger partial charge in [0.05, 0.1) is 10.5 Å². The van der Waals surface area contributed by atoms with Crippen molar-refractivity contribution in [1.82, 2.24) is 15.1 Å². The Morgan fingerprint density at radius 1 is 1.40 bits per heavy atom. The van der Waals surface area contributed by atoms with Crippen molar-refractivity contribution in [3.63, 3.8) is 0 Å². The Hall–Kier alpha value is -1.54. The van der Waals surface area contributed by atoms with E-state index in [2.05, 4.69) is 26.1 Å². The Labute approximate surface area is 124 Å². The van der Waals surface area contributed by atoms with Crippen molar-refractivity contribution in [3.05, 3.63) is 22.3 Å². The van der Waals surface area contributed by atoms with E-state index in [0.717, 1.165) is 6.42 Å². The molecule has 2 heterocycles. The van der Waals surface area contributed by atoms with Crippen molar-refractivity contribution in [2.45, 2.75) is 32.2 Å². The first kappa shape index (κ1) is 14.9. The maximum Gasteiger partial charge on any atom is 0.267 e. The Morgan fingerprint density at radius 2 is 2.15 bits per heavy atom. The number of unbranched alkanes of at least 4 members (excludes halogenated alkanes) is 1. The van der Waals surface area contributed by atoms with Crippen LogP contribution in [0, 0.1) is 6.92 Å². The molecule has 0 bridgehead atoms. The fraction of sp³-hybridized carbons (Fsp3) is 0.500. The molecule has 2 rings (SSSR count). The average Bonchev–Trinajstić information content (AvgIpc) is 2.92. The second-order valence-electron chi connectivity index (χ2n) is 4.55. The summed E-state index contributed by atoms with van der Waals surface area (Å²) in [6, 6.07) is -0.314. The van der Waals surface area contributed by atoms with Crippen molar-refractivity contribution in [1.29, 1.82) is 0 Å². The lowest BCUT2D eigenvalue weighted by Crippen LogP contribution is -2.31. The molecule has 108 valence electrons. The van der Waals surface area contributed by atoms with Crippen LogP contribution in [0.5, 0.6) is 0 Å². The maximum absolute atomic E-state index is 11.6. The summed E-state index contributed by atoms with van der Waals surface area (Å²) < 4.78 is 5.55. The minimum atomic E-state index is -0.314. The van der Waals surface area contributed by atoms with Crippen LogP contribution in [0.1, 0.15) is 37.1 Å². The molecule has 20 heavy (non-hydrogen) atoms. The molecule has 1 atom stereocenters. The number of carbonyl (C=O) groups excluding carboxylic acids is 2. The maximum atomic E-state index is 11.6. The Kier molecular flexibility index (Phi) is 4.66. The number of imide groups is 1. The van der Waals surface area contributed by atoms with E-state index in [0.29, 0.717) is 35.7 Å². The molecule has 0 saturated heterocycles. The van der Waals surface area contributed by atoms with Gasteiger partial charge in [-0.05, 0) is 35.2 Å². The van der Waals surface area contributed by atoms with Gasteiger partial charge in [-0.25, -0.2) is 0 Å². The third-order valence-corrected chi connectivity index (χ3v) is 3.54. The third kappa shape index (κ3) is 3.31. The van der Waals surface area contributed by atoms with Gasteiger partial charge in [-0.15, -0.1) is 10.2 Å². The van der Waals surface area contributed by atoms with Gasteiger partial charge in [-0.2, -0.15) is 0 Å². The fourth-order valence-electron chi connectivity index (χ4n) is 1.91. The second kappa shape index (κ2) is 6.27. The molecular weight excluding hydrogens is 328 g/mol. The molecule has 1 aliphatic rings. The second-order valence-corrected chi connectivity index (χ2v) is 5.40. The van der Waals surface area contributed by atoms with E-state index in [1.54, 1.807) is 6.92 Å². The fourth-order valence-corrected chi connectivity index (χ4v) is 2.32. The molecule has 0 unspecified atom stereocenters. The molecule has 0 spiro atoms. The highest BCUT2D eigenvalue weighted by molar-refractivity contribution is 9.12. The molecule has 2 amide bonds. The standard InChI is InChI=1S/C12H15BrN4O3/c1-7-15-16-11(20-7)9(14)4-2-3-5-17-10(18)6-8(13)12(17)19/h6,9H,2-5,14H2,1H3/t9-/m0/s1. The highest BCUT2D eigenvalue weighted by atomic mass is 79.9. The number of halogens is 1. The Bertz CT molecular complexity index is 555. The summed E-state index contributed by atoms with van der Waals surface area (Å²) in [5.74, 6) is 0.338. The zero-order valence-electron chi connectivity index (χ0n) is 11.0. The van der Waals surface area contributed by atoms with Gasteiger partial charge in [-0.3, -0.25) is 14.5 Å². The lowest BCUT2D eigenvalue weighted by Gasteiger charge is -2.14. The summed E-state index contributed by atoms with van der Waals surface area (Å²) in [7, 11) is 0. The van der Waals surface area contributed by atoms with Gasteiger partial charge in [0.25, 0.3) is 11.8 Å². The van der Waals surface area contributed by atoms with Crippen LogP contribution in [0.25, 0.3) is 0 Å². The number of carbonyl (C=O) groups is 2. The number of hydrogen-bond acceptors (Lipinski definition) is 6. The van der Waals surface area contributed by atoms with Crippen LogP contribution in [0.2, 0.25) is 0 Å². The molecule has 8 heteroatoms. The molecule has 0 aliphatic carbocycles. The van der Waals surface area contributed by atoms with Gasteiger partial charge in [0.2, 0.25) is 11.8 Å². The van der Waals surface area contributed by atoms with E-state index < -0.39 is 0 Å². The van der Waals surface area contributed by atoms with Crippen molar-refractivity contribution in [2.75, 3.05) is 6.54 Å². The summed E-state index contributed by atoms with van der Waals surface area (Å²) in [5.41, 5.74) is 5.92. The van der Waals surface area contributed by atoms with Crippen molar-refractivity contribution < 1.29 is 14.0 Å². The first-order valence-corrected chi connectivity index (χ1v) is 7.07. The molecule has 0 radical (unpaired) electrons. The van der Waals surface area contributed by atoms with E-state index in [1.807, 2.05) is 0 Å². The SMILES string of the molecule is Cc1nnc([C@@H](N)CCCCN2C(=O)C=C(Br)C2=O)o1. The van der Waals surface area contributed by atoms with Crippen LogP contribution in [0.15, 0.2) is 15.0 Å². The summed E-state index contributed by atoms with van der Waals surface area (Å²) in [6.07, 6.45) is 3.39. The van der Waals surface area contributed by atoms with Gasteiger partial charge in [0, 0.05) is 19.5 Å². The van der Waals surface area contributed by atoms with Crippen LogP contribution in [-0.4, -0.2) is 33.5 Å². The van der Waals surface area contributed by atoms with Crippen LogP contribution in [0.3, 0.4) is 0 Å². The number of hydrogen-bond donors (Lipinski definition) is 1. The summed E-state index contributed by atoms with van der Waals surface area (Å²) in [4.78, 5) is 24.3. The number of amides is 2. The lowest BCUT2D eigenvalue weighted by atomic mass is 10.1. The van der Waals surface area contributed by atoms with E-state index in [-0.39, 0.29) is 17.9 Å². The van der Waals surface area contributed by atoms with E-state index in [9.17, 15) is 9.59 Å². The molecule has 0 saturated carbocycles. The smallest absolute Gasteiger partial charge is 0.267 e. The molecule has 0 aromatic carbocycles. The highest BCUT2D eigenvalue weighted by Gasteiger charge is 2.28. The summed E-state index contributed by atoms with van der Waals surface area (Å²) in [6.45, 7) is 2.09. The molecule has 1 aromatic rings. The highest BCUT2D eigenvalue weighted by Crippen LogP contribution is 2.20. The molecule has 0 fully saturated rings. The van der Waals surface area contributed by atoms with Gasteiger partial charge in [0.1, 0.15) is 0 Å². The quantitative estimate of drug-likeness (QED) is 0.615. The predicted octanol–water partition coefficient (Wildman–Crippen LogP) is 1.20. The molecule has 1 aromatic heterocycles. The number of rotatable bonds is 6. The predicted molar refractivity (Wildman–Crippen MR) is 73.5 cm³/mol. The van der Waals surface area contributed by atoms with Gasteiger partial charge in [-0.1, -0.05) is 0 Å². The minimum absolute atomic E-state index is 0.279. The monoisotopic (exact) mass is 342 g/mol. The zero-order valence-corrected chi connectivity index (χ0v) is 12.6. The lowest BCUT2D eigenvalue weighted by molar-refractivity contribution is -0.136. The van der Waals surface area contributed by atoms with Gasteiger partial charge >= 0.3 is 0 Å². The summed E-state index contributed by atoms with van der Waals surface area (Å²) in [5, 5.41) is 7.58. The average molecular weight is 343 g/mol. The first-order chi connectivity index (χ1) is 9.49. The first-order valence-electron chi connectivity index (χ1n) is 6.27. The van der Waals surface area contributed by atoms with Crippen molar-refractivity contribution in [3.8, 4) is 0 Å². The molecule has 2 N–H and O–H groups in total. The van der Waals surface area contributed by atoms with Crippen LogP contribution < -0.4 is 5.73 Å². The number of nitrogens with zero attached hydrogens (tertiary/aromatic N) is 3.